The standard InChI is InChI=1S/C23H20N4O5/c1-31-22(29)18-17(13-8-4-3-5-9-13)15(12-24)20(25)27(19(18)23(30)32-2)16-11-7-6-10-14(16)21(26)28/h3-11,17H,25H2,1-2H3,(H2,26,28). The number of carbonyl (C=O) groups excluding carboxylic acids is 3. The quantitative estimate of drug-likeness (QED) is 0.678. The number of nitrogens with zero attached hydrogens (tertiary/aromatic N) is 2. The Morgan fingerprint density at radius 3 is 2.12 bits per heavy atom. The van der Waals surface area contributed by atoms with Crippen LogP contribution in [0.3, 0.4) is 0 Å². The van der Waals surface area contributed by atoms with Gasteiger partial charge in [0.05, 0.1) is 48.6 Å². The van der Waals surface area contributed by atoms with Crippen LogP contribution >= 0.6 is 0 Å². The smallest absolute Gasteiger partial charge is 0.355 e. The molecule has 0 aromatic heterocycles. The van der Waals surface area contributed by atoms with E-state index < -0.39 is 23.8 Å². The van der Waals surface area contributed by atoms with Gasteiger partial charge in [0, 0.05) is 0 Å². The van der Waals surface area contributed by atoms with Crippen LogP contribution in [-0.2, 0) is 19.1 Å². The number of ether oxygens (including phenoxy) is 2. The van der Waals surface area contributed by atoms with Gasteiger partial charge in [0.2, 0.25) is 0 Å². The number of carbonyl (C=O) groups is 3. The van der Waals surface area contributed by atoms with Gasteiger partial charge in [-0.2, -0.15) is 5.26 Å². The third-order valence-corrected chi connectivity index (χ3v) is 5.02. The van der Waals surface area contributed by atoms with Crippen LogP contribution in [0.5, 0.6) is 0 Å². The predicted molar refractivity (Wildman–Crippen MR) is 115 cm³/mol. The third kappa shape index (κ3) is 3.65. The number of benzene rings is 2. The van der Waals surface area contributed by atoms with E-state index in [0.29, 0.717) is 5.56 Å². The van der Waals surface area contributed by atoms with Crippen molar-refractivity contribution < 1.29 is 23.9 Å². The van der Waals surface area contributed by atoms with Gasteiger partial charge in [-0.25, -0.2) is 9.59 Å². The summed E-state index contributed by atoms with van der Waals surface area (Å²) in [6.45, 7) is 0. The van der Waals surface area contributed by atoms with E-state index in [1.54, 1.807) is 42.5 Å². The van der Waals surface area contributed by atoms with Crippen LogP contribution in [0.2, 0.25) is 0 Å². The van der Waals surface area contributed by atoms with E-state index in [1.165, 1.54) is 12.1 Å². The first kappa shape index (κ1) is 22.1. The summed E-state index contributed by atoms with van der Waals surface area (Å²) < 4.78 is 9.91. The van der Waals surface area contributed by atoms with E-state index in [9.17, 15) is 19.6 Å². The topological polar surface area (TPSA) is 149 Å². The molecule has 1 amide bonds. The summed E-state index contributed by atoms with van der Waals surface area (Å²) in [4.78, 5) is 39.1. The van der Waals surface area contributed by atoms with Gasteiger partial charge in [-0.1, -0.05) is 42.5 Å². The van der Waals surface area contributed by atoms with Crippen molar-refractivity contribution in [1.29, 1.82) is 5.26 Å². The Hall–Kier alpha value is -4.58. The molecule has 9 heteroatoms. The van der Waals surface area contributed by atoms with Crippen LogP contribution in [0, 0.1) is 11.3 Å². The molecule has 0 aliphatic carbocycles. The molecule has 0 saturated heterocycles. The number of esters is 2. The lowest BCUT2D eigenvalue weighted by atomic mass is 9.80. The summed E-state index contributed by atoms with van der Waals surface area (Å²) in [5.41, 5.74) is 12.1. The van der Waals surface area contributed by atoms with E-state index in [2.05, 4.69) is 0 Å². The Labute approximate surface area is 184 Å². The van der Waals surface area contributed by atoms with Gasteiger partial charge >= 0.3 is 11.9 Å². The average molecular weight is 432 g/mol. The van der Waals surface area contributed by atoms with Crippen molar-refractivity contribution in [3.8, 4) is 6.07 Å². The van der Waals surface area contributed by atoms with Crippen molar-refractivity contribution >= 4 is 23.5 Å². The number of nitriles is 1. The van der Waals surface area contributed by atoms with Gasteiger partial charge in [-0.05, 0) is 17.7 Å². The van der Waals surface area contributed by atoms with Gasteiger partial charge in [0.25, 0.3) is 5.91 Å². The van der Waals surface area contributed by atoms with Crippen molar-refractivity contribution in [2.45, 2.75) is 5.92 Å². The van der Waals surface area contributed by atoms with Crippen molar-refractivity contribution in [2.75, 3.05) is 19.1 Å². The molecule has 1 atom stereocenters. The molecule has 3 rings (SSSR count). The minimum absolute atomic E-state index is 0.0106. The highest BCUT2D eigenvalue weighted by Gasteiger charge is 2.43. The molecule has 0 saturated carbocycles. The van der Waals surface area contributed by atoms with Gasteiger partial charge in [0.1, 0.15) is 11.5 Å². The normalized spacial score (nSPS) is 15.8. The van der Waals surface area contributed by atoms with Crippen LogP contribution in [0.15, 0.2) is 77.3 Å². The van der Waals surface area contributed by atoms with Crippen molar-refractivity contribution in [1.82, 2.24) is 0 Å². The molecule has 1 aliphatic rings. The fraction of sp³-hybridized carbons (Fsp3) is 0.130. The fourth-order valence-corrected chi connectivity index (χ4v) is 3.64. The highest BCUT2D eigenvalue weighted by Crippen LogP contribution is 2.43. The van der Waals surface area contributed by atoms with Crippen molar-refractivity contribution in [3.63, 3.8) is 0 Å². The zero-order valence-electron chi connectivity index (χ0n) is 17.4. The number of nitrogens with two attached hydrogens (primary N) is 2. The average Bonchev–Trinajstić information content (AvgIpc) is 2.82. The van der Waals surface area contributed by atoms with E-state index in [4.69, 9.17) is 20.9 Å². The first-order valence-corrected chi connectivity index (χ1v) is 9.41. The van der Waals surface area contributed by atoms with Crippen LogP contribution in [-0.4, -0.2) is 32.1 Å². The van der Waals surface area contributed by atoms with Crippen LogP contribution < -0.4 is 16.4 Å². The molecule has 0 fully saturated rings. The molecule has 1 unspecified atom stereocenters. The number of hydrogen-bond donors (Lipinski definition) is 2. The number of hydrogen-bond acceptors (Lipinski definition) is 8. The molecule has 162 valence electrons. The maximum atomic E-state index is 13.0. The molecular formula is C23H20N4O5. The highest BCUT2D eigenvalue weighted by molar-refractivity contribution is 6.08. The number of methoxy groups -OCH3 is 2. The molecule has 0 bridgehead atoms. The van der Waals surface area contributed by atoms with Crippen LogP contribution in [0.1, 0.15) is 21.8 Å². The summed E-state index contributed by atoms with van der Waals surface area (Å²) in [6.07, 6.45) is 0. The summed E-state index contributed by atoms with van der Waals surface area (Å²) in [5, 5.41) is 9.99. The number of amides is 1. The van der Waals surface area contributed by atoms with E-state index in [0.717, 1.165) is 19.1 Å². The predicted octanol–water partition coefficient (Wildman–Crippen LogP) is 1.68. The maximum Gasteiger partial charge on any atom is 0.355 e. The first-order valence-electron chi connectivity index (χ1n) is 9.41. The zero-order chi connectivity index (χ0) is 23.4. The minimum Gasteiger partial charge on any atom is -0.466 e. The van der Waals surface area contributed by atoms with Crippen molar-refractivity contribution in [3.05, 3.63) is 88.4 Å². The monoisotopic (exact) mass is 432 g/mol. The highest BCUT2D eigenvalue weighted by atomic mass is 16.5. The molecular weight excluding hydrogens is 412 g/mol. The SMILES string of the molecule is COC(=O)C1=C(C(=O)OC)N(c2ccccc2C(N)=O)C(N)=C(C#N)C1c1ccccc1. The zero-order valence-corrected chi connectivity index (χ0v) is 17.4. The Morgan fingerprint density at radius 2 is 1.56 bits per heavy atom. The molecule has 0 radical (unpaired) electrons. The van der Waals surface area contributed by atoms with Gasteiger partial charge < -0.3 is 20.9 Å². The van der Waals surface area contributed by atoms with Gasteiger partial charge in [-0.3, -0.25) is 9.69 Å². The Bertz CT molecular complexity index is 1190. The van der Waals surface area contributed by atoms with E-state index >= 15 is 0 Å². The summed E-state index contributed by atoms with van der Waals surface area (Å²) in [6, 6.07) is 16.7. The lowest BCUT2D eigenvalue weighted by Crippen LogP contribution is -2.41. The molecule has 32 heavy (non-hydrogen) atoms. The number of rotatable bonds is 5. The second-order valence-corrected chi connectivity index (χ2v) is 6.72. The Balaban J connectivity index is 2.46. The summed E-state index contributed by atoms with van der Waals surface area (Å²) in [5.74, 6) is -3.71. The molecule has 9 nitrogen and oxygen atoms in total. The minimum atomic E-state index is -1.00. The first-order chi connectivity index (χ1) is 15.4. The Morgan fingerprint density at radius 1 is 0.969 bits per heavy atom. The van der Waals surface area contributed by atoms with Gasteiger partial charge in [-0.15, -0.1) is 0 Å². The van der Waals surface area contributed by atoms with Crippen LogP contribution in [0.4, 0.5) is 5.69 Å². The molecule has 2 aromatic carbocycles. The third-order valence-electron chi connectivity index (χ3n) is 5.02. The van der Waals surface area contributed by atoms with Gasteiger partial charge in [0.15, 0.2) is 0 Å². The second-order valence-electron chi connectivity index (χ2n) is 6.72. The number of para-hydroxylation sites is 1. The van der Waals surface area contributed by atoms with Crippen LogP contribution in [0.25, 0.3) is 0 Å². The molecule has 1 heterocycles. The molecule has 0 spiro atoms. The largest absolute Gasteiger partial charge is 0.466 e. The number of anilines is 1. The molecule has 2 aromatic rings. The summed E-state index contributed by atoms with van der Waals surface area (Å²) in [7, 11) is 2.29. The lowest BCUT2D eigenvalue weighted by molar-refractivity contribution is -0.139. The maximum absolute atomic E-state index is 13.0. The lowest BCUT2D eigenvalue weighted by Gasteiger charge is -2.36. The van der Waals surface area contributed by atoms with E-state index in [1.807, 2.05) is 6.07 Å². The van der Waals surface area contributed by atoms with Crippen molar-refractivity contribution in [2.24, 2.45) is 11.5 Å². The molecule has 4 N–H and O–H groups in total. The van der Waals surface area contributed by atoms with E-state index in [-0.39, 0.29) is 33.9 Å². The second kappa shape index (κ2) is 9.06. The number of primary amides is 1. The Kier molecular flexibility index (Phi) is 6.26. The summed E-state index contributed by atoms with van der Waals surface area (Å²) >= 11 is 0. The molecule has 1 aliphatic heterocycles. The fourth-order valence-electron chi connectivity index (χ4n) is 3.64. The number of allylic oxidation sites excluding steroid dienone is 1.